The Kier molecular flexibility index (Phi) is 4.02. The van der Waals surface area contributed by atoms with Gasteiger partial charge in [-0.15, -0.1) is 0 Å². The van der Waals surface area contributed by atoms with E-state index in [9.17, 15) is 4.39 Å². The fraction of sp³-hybridized carbons (Fsp3) is 0.222. The van der Waals surface area contributed by atoms with E-state index in [1.807, 2.05) is 42.5 Å². The molecular weight excluding hydrogens is 265 g/mol. The molecule has 1 N–H and O–H groups in total. The molecule has 21 heavy (non-hydrogen) atoms. The molecule has 1 heterocycles. The van der Waals surface area contributed by atoms with E-state index in [0.717, 1.165) is 29.7 Å². The highest BCUT2D eigenvalue weighted by Crippen LogP contribution is 2.28. The van der Waals surface area contributed by atoms with E-state index < -0.39 is 0 Å². The van der Waals surface area contributed by atoms with Crippen molar-refractivity contribution in [2.24, 2.45) is 0 Å². The largest absolute Gasteiger partial charge is 0.469 e. The van der Waals surface area contributed by atoms with Gasteiger partial charge < -0.3 is 9.73 Å². The lowest BCUT2D eigenvalue weighted by Crippen LogP contribution is -2.23. The summed E-state index contributed by atoms with van der Waals surface area (Å²) in [5, 5.41) is 5.08. The van der Waals surface area contributed by atoms with E-state index >= 15 is 0 Å². The molecule has 108 valence electrons. The summed E-state index contributed by atoms with van der Waals surface area (Å²) in [4.78, 5) is 0. The molecule has 3 heteroatoms. The molecule has 0 amide bonds. The molecule has 1 atom stereocenters. The third kappa shape index (κ3) is 2.83. The van der Waals surface area contributed by atoms with Crippen LogP contribution in [0.15, 0.2) is 59.2 Å². The van der Waals surface area contributed by atoms with E-state index in [1.165, 1.54) is 0 Å². The van der Waals surface area contributed by atoms with Gasteiger partial charge in [0.15, 0.2) is 0 Å². The Labute approximate surface area is 123 Å². The molecule has 0 aliphatic heterocycles. The highest BCUT2D eigenvalue weighted by Gasteiger charge is 2.16. The molecule has 0 fully saturated rings. The molecule has 1 unspecified atom stereocenters. The molecule has 0 saturated carbocycles. The number of rotatable bonds is 5. The van der Waals surface area contributed by atoms with E-state index in [1.54, 1.807) is 12.3 Å². The maximum absolute atomic E-state index is 14.0. The first kappa shape index (κ1) is 13.8. The van der Waals surface area contributed by atoms with E-state index in [2.05, 4.69) is 12.2 Å². The van der Waals surface area contributed by atoms with Crippen LogP contribution in [0.5, 0.6) is 0 Å². The zero-order valence-corrected chi connectivity index (χ0v) is 12.0. The van der Waals surface area contributed by atoms with Gasteiger partial charge in [0.05, 0.1) is 6.26 Å². The first-order valence-electron chi connectivity index (χ1n) is 7.22. The summed E-state index contributed by atoms with van der Waals surface area (Å²) in [6, 6.07) is 15.0. The molecule has 0 radical (unpaired) electrons. The minimum Gasteiger partial charge on any atom is -0.469 e. The van der Waals surface area contributed by atoms with Crippen molar-refractivity contribution in [1.29, 1.82) is 0 Å². The summed E-state index contributed by atoms with van der Waals surface area (Å²) < 4.78 is 19.4. The fourth-order valence-corrected chi connectivity index (χ4v) is 2.76. The topological polar surface area (TPSA) is 25.2 Å². The summed E-state index contributed by atoms with van der Waals surface area (Å²) in [6.45, 7) is 2.91. The SMILES string of the molecule is CCNC(Cc1ccco1)c1ccc(F)c2ccccc12. The van der Waals surface area contributed by atoms with Crippen molar-refractivity contribution < 1.29 is 8.81 Å². The van der Waals surface area contributed by atoms with Gasteiger partial charge in [-0.05, 0) is 35.7 Å². The minimum absolute atomic E-state index is 0.103. The molecule has 2 nitrogen and oxygen atoms in total. The van der Waals surface area contributed by atoms with Gasteiger partial charge in [0.2, 0.25) is 0 Å². The maximum Gasteiger partial charge on any atom is 0.131 e. The normalized spacial score (nSPS) is 12.7. The van der Waals surface area contributed by atoms with E-state index in [-0.39, 0.29) is 11.9 Å². The molecule has 0 aliphatic carbocycles. The van der Waals surface area contributed by atoms with Crippen LogP contribution in [0.25, 0.3) is 10.8 Å². The molecule has 2 aromatic carbocycles. The van der Waals surface area contributed by atoms with Gasteiger partial charge in [-0.2, -0.15) is 0 Å². The number of benzene rings is 2. The van der Waals surface area contributed by atoms with Crippen LogP contribution in [-0.4, -0.2) is 6.54 Å². The molecule has 3 aromatic rings. The third-order valence-corrected chi connectivity index (χ3v) is 3.72. The Bertz CT molecular complexity index is 721. The quantitative estimate of drug-likeness (QED) is 0.747. The van der Waals surface area contributed by atoms with Gasteiger partial charge >= 0.3 is 0 Å². The molecule has 0 spiro atoms. The number of likely N-dealkylation sites (N-methyl/N-ethyl adjacent to an activating group) is 1. The lowest BCUT2D eigenvalue weighted by Gasteiger charge is -2.19. The second-order valence-electron chi connectivity index (χ2n) is 5.08. The fourth-order valence-electron chi connectivity index (χ4n) is 2.76. The Hall–Kier alpha value is -2.13. The second kappa shape index (κ2) is 6.10. The lowest BCUT2D eigenvalue weighted by molar-refractivity contribution is 0.456. The highest BCUT2D eigenvalue weighted by atomic mass is 19.1. The first-order chi connectivity index (χ1) is 10.3. The van der Waals surface area contributed by atoms with Gasteiger partial charge in [0.25, 0.3) is 0 Å². The van der Waals surface area contributed by atoms with Crippen molar-refractivity contribution in [2.75, 3.05) is 6.54 Å². The maximum atomic E-state index is 14.0. The van der Waals surface area contributed by atoms with E-state index in [4.69, 9.17) is 4.42 Å². The summed E-state index contributed by atoms with van der Waals surface area (Å²) in [5.41, 5.74) is 1.10. The van der Waals surface area contributed by atoms with Crippen molar-refractivity contribution in [3.05, 3.63) is 71.9 Å². The zero-order valence-electron chi connectivity index (χ0n) is 12.0. The standard InChI is InChI=1S/C18H18FNO/c1-2-20-18(12-13-6-5-11-21-13)16-9-10-17(19)15-8-4-3-7-14(15)16/h3-11,18,20H,2,12H2,1H3. The monoisotopic (exact) mass is 283 g/mol. The average Bonchev–Trinajstić information content (AvgIpc) is 3.01. The number of nitrogens with one attached hydrogen (secondary N) is 1. The van der Waals surface area contributed by atoms with Crippen LogP contribution < -0.4 is 5.32 Å². The van der Waals surface area contributed by atoms with Crippen LogP contribution in [0.3, 0.4) is 0 Å². The van der Waals surface area contributed by atoms with Gasteiger partial charge in [-0.3, -0.25) is 0 Å². The molecule has 3 rings (SSSR count). The Morgan fingerprint density at radius 2 is 1.86 bits per heavy atom. The Morgan fingerprint density at radius 1 is 1.05 bits per heavy atom. The number of fused-ring (bicyclic) bond motifs is 1. The van der Waals surface area contributed by atoms with Gasteiger partial charge in [0, 0.05) is 17.8 Å². The van der Waals surface area contributed by atoms with Crippen molar-refractivity contribution in [1.82, 2.24) is 5.32 Å². The van der Waals surface area contributed by atoms with Crippen molar-refractivity contribution >= 4 is 10.8 Å². The molecule has 0 bridgehead atoms. The van der Waals surface area contributed by atoms with Crippen LogP contribution in [0.1, 0.15) is 24.3 Å². The van der Waals surface area contributed by atoms with Crippen molar-refractivity contribution in [3.8, 4) is 0 Å². The highest BCUT2D eigenvalue weighted by molar-refractivity contribution is 5.86. The summed E-state index contributed by atoms with van der Waals surface area (Å²) >= 11 is 0. The minimum atomic E-state index is -0.178. The Balaban J connectivity index is 2.05. The van der Waals surface area contributed by atoms with Crippen LogP contribution in [0.4, 0.5) is 4.39 Å². The molecular formula is C18H18FNO. The van der Waals surface area contributed by atoms with Crippen LogP contribution in [-0.2, 0) is 6.42 Å². The van der Waals surface area contributed by atoms with E-state index in [0.29, 0.717) is 5.39 Å². The van der Waals surface area contributed by atoms with Crippen LogP contribution >= 0.6 is 0 Å². The lowest BCUT2D eigenvalue weighted by atomic mass is 9.95. The van der Waals surface area contributed by atoms with Gasteiger partial charge in [0.1, 0.15) is 11.6 Å². The van der Waals surface area contributed by atoms with Crippen molar-refractivity contribution in [3.63, 3.8) is 0 Å². The molecule has 0 saturated heterocycles. The number of halogens is 1. The van der Waals surface area contributed by atoms with Crippen LogP contribution in [0.2, 0.25) is 0 Å². The number of hydrogen-bond donors (Lipinski definition) is 1. The molecule has 1 aromatic heterocycles. The first-order valence-corrected chi connectivity index (χ1v) is 7.22. The second-order valence-corrected chi connectivity index (χ2v) is 5.08. The summed E-state index contributed by atoms with van der Waals surface area (Å²) in [5.74, 6) is 0.747. The van der Waals surface area contributed by atoms with Crippen molar-refractivity contribution in [2.45, 2.75) is 19.4 Å². The summed E-state index contributed by atoms with van der Waals surface area (Å²) in [6.07, 6.45) is 2.43. The summed E-state index contributed by atoms with van der Waals surface area (Å²) in [7, 11) is 0. The predicted molar refractivity (Wildman–Crippen MR) is 82.7 cm³/mol. The smallest absolute Gasteiger partial charge is 0.131 e. The van der Waals surface area contributed by atoms with Gasteiger partial charge in [-0.25, -0.2) is 4.39 Å². The third-order valence-electron chi connectivity index (χ3n) is 3.72. The average molecular weight is 283 g/mol. The van der Waals surface area contributed by atoms with Gasteiger partial charge in [-0.1, -0.05) is 37.3 Å². The predicted octanol–water partition coefficient (Wildman–Crippen LogP) is 4.47. The van der Waals surface area contributed by atoms with Crippen LogP contribution in [0, 0.1) is 5.82 Å². The molecule has 0 aliphatic rings. The number of furan rings is 1. The Morgan fingerprint density at radius 3 is 2.57 bits per heavy atom. The zero-order chi connectivity index (χ0) is 14.7. The number of hydrogen-bond acceptors (Lipinski definition) is 2.